The first-order chi connectivity index (χ1) is 15.3. The minimum atomic E-state index is 0.0407. The normalized spacial score (nSPS) is 15.1. The van der Waals surface area contributed by atoms with Crippen molar-refractivity contribution in [3.8, 4) is 22.0 Å². The number of benzene rings is 1. The molecule has 0 amide bonds. The molecule has 3 aromatic heterocycles. The molecule has 1 saturated heterocycles. The third-order valence-electron chi connectivity index (χ3n) is 6.24. The predicted molar refractivity (Wildman–Crippen MR) is 131 cm³/mol. The second kappa shape index (κ2) is 7.86. The molecular formula is C24H28N6OS. The van der Waals surface area contributed by atoms with E-state index >= 15 is 0 Å². The number of rotatable bonds is 4. The van der Waals surface area contributed by atoms with Crippen LogP contribution in [0.3, 0.4) is 0 Å². The lowest BCUT2D eigenvalue weighted by Crippen LogP contribution is -2.44. The molecule has 0 saturated carbocycles. The number of aromatic amines is 2. The van der Waals surface area contributed by atoms with Crippen molar-refractivity contribution in [3.63, 3.8) is 0 Å². The van der Waals surface area contributed by atoms with Crippen LogP contribution in [0, 0.1) is 20.8 Å². The van der Waals surface area contributed by atoms with Gasteiger partial charge in [-0.3, -0.25) is 4.79 Å². The van der Waals surface area contributed by atoms with Gasteiger partial charge in [-0.25, -0.2) is 9.97 Å². The summed E-state index contributed by atoms with van der Waals surface area (Å²) in [5.74, 6) is 0.783. The Hall–Kier alpha value is -2.97. The number of aromatic nitrogens is 4. The molecule has 32 heavy (non-hydrogen) atoms. The average molecular weight is 449 g/mol. The molecule has 0 unspecified atom stereocenters. The van der Waals surface area contributed by atoms with Crippen molar-refractivity contribution in [2.75, 3.05) is 38.1 Å². The summed E-state index contributed by atoms with van der Waals surface area (Å²) in [4.78, 5) is 34.8. The number of aryl methyl sites for hydroxylation is 3. The summed E-state index contributed by atoms with van der Waals surface area (Å²) in [6.45, 7) is 11.7. The van der Waals surface area contributed by atoms with Gasteiger partial charge in [0.15, 0.2) is 11.6 Å². The van der Waals surface area contributed by atoms with E-state index in [1.807, 2.05) is 20.8 Å². The molecule has 1 aliphatic heterocycles. The highest BCUT2D eigenvalue weighted by atomic mass is 32.1. The van der Waals surface area contributed by atoms with Gasteiger partial charge in [0.2, 0.25) is 0 Å². The Balaban J connectivity index is 1.62. The van der Waals surface area contributed by atoms with E-state index in [-0.39, 0.29) is 5.78 Å². The number of hydrogen-bond acceptors (Lipinski definition) is 6. The van der Waals surface area contributed by atoms with Crippen molar-refractivity contribution in [2.45, 2.75) is 27.7 Å². The van der Waals surface area contributed by atoms with Crippen LogP contribution in [-0.2, 0) is 0 Å². The van der Waals surface area contributed by atoms with Crippen LogP contribution in [0.5, 0.6) is 0 Å². The Morgan fingerprint density at radius 1 is 1.06 bits per heavy atom. The number of nitrogens with zero attached hydrogens (tertiary/aromatic N) is 4. The topological polar surface area (TPSA) is 80.9 Å². The number of piperazine rings is 1. The van der Waals surface area contributed by atoms with E-state index in [2.05, 4.69) is 50.0 Å². The SMILES string of the molecule is CC(=O)c1c(C)[nH]c(-c2nc3ccc(N4CCN(C)CC4)cc3[nH]2)c1-c1sc(C)nc1C. The number of anilines is 1. The van der Waals surface area contributed by atoms with Gasteiger partial charge in [-0.15, -0.1) is 11.3 Å². The first-order valence-electron chi connectivity index (χ1n) is 10.9. The van der Waals surface area contributed by atoms with Gasteiger partial charge >= 0.3 is 0 Å². The van der Waals surface area contributed by atoms with Gasteiger partial charge in [-0.2, -0.15) is 0 Å². The van der Waals surface area contributed by atoms with E-state index in [0.29, 0.717) is 5.56 Å². The molecule has 0 atom stereocenters. The summed E-state index contributed by atoms with van der Waals surface area (Å²) < 4.78 is 0. The monoisotopic (exact) mass is 448 g/mol. The number of carbonyl (C=O) groups is 1. The predicted octanol–water partition coefficient (Wildman–Crippen LogP) is 4.56. The number of fused-ring (bicyclic) bond motifs is 1. The smallest absolute Gasteiger partial charge is 0.162 e. The Morgan fingerprint density at radius 3 is 2.47 bits per heavy atom. The van der Waals surface area contributed by atoms with Gasteiger partial charge in [0.25, 0.3) is 0 Å². The van der Waals surface area contributed by atoms with Gasteiger partial charge in [0, 0.05) is 48.7 Å². The molecule has 4 aromatic rings. The molecule has 7 nitrogen and oxygen atoms in total. The number of hydrogen-bond donors (Lipinski definition) is 2. The van der Waals surface area contributed by atoms with Gasteiger partial charge in [-0.1, -0.05) is 0 Å². The summed E-state index contributed by atoms with van der Waals surface area (Å²) in [5.41, 5.74) is 7.37. The van der Waals surface area contributed by atoms with Crippen LogP contribution < -0.4 is 4.90 Å². The van der Waals surface area contributed by atoms with Crippen LogP contribution in [0.25, 0.3) is 33.0 Å². The maximum atomic E-state index is 12.6. The minimum absolute atomic E-state index is 0.0407. The lowest BCUT2D eigenvalue weighted by molar-refractivity contribution is 0.101. The maximum Gasteiger partial charge on any atom is 0.162 e. The Kier molecular flexibility index (Phi) is 5.14. The fourth-order valence-electron chi connectivity index (χ4n) is 4.61. The molecule has 4 heterocycles. The zero-order valence-electron chi connectivity index (χ0n) is 19.2. The van der Waals surface area contributed by atoms with Crippen LogP contribution in [0.4, 0.5) is 5.69 Å². The van der Waals surface area contributed by atoms with Crippen LogP contribution in [0.1, 0.15) is 33.7 Å². The van der Waals surface area contributed by atoms with E-state index in [4.69, 9.17) is 4.98 Å². The minimum Gasteiger partial charge on any atom is -0.369 e. The molecule has 1 fully saturated rings. The molecule has 8 heteroatoms. The number of imidazole rings is 1. The van der Waals surface area contributed by atoms with Gasteiger partial charge in [-0.05, 0) is 52.9 Å². The van der Waals surface area contributed by atoms with Crippen LogP contribution >= 0.6 is 11.3 Å². The standard InChI is InChI=1S/C24H28N6OS/c1-13-20(15(3)31)21(23-14(2)25-16(4)32-23)22(26-13)24-27-18-7-6-17(12-19(18)28-24)30-10-8-29(5)9-11-30/h6-7,12,26H,8-11H2,1-5H3,(H,27,28). The highest BCUT2D eigenvalue weighted by molar-refractivity contribution is 7.15. The second-order valence-corrected chi connectivity index (χ2v) is 9.86. The maximum absolute atomic E-state index is 12.6. The lowest BCUT2D eigenvalue weighted by atomic mass is 10.0. The molecule has 5 rings (SSSR count). The van der Waals surface area contributed by atoms with E-state index in [1.165, 1.54) is 5.69 Å². The number of ketones is 1. The number of carbonyl (C=O) groups excluding carboxylic acids is 1. The van der Waals surface area contributed by atoms with Crippen molar-refractivity contribution < 1.29 is 4.79 Å². The van der Waals surface area contributed by atoms with Gasteiger partial charge in [0.05, 0.1) is 32.3 Å². The molecule has 2 N–H and O–H groups in total. The Morgan fingerprint density at radius 2 is 1.81 bits per heavy atom. The summed E-state index contributed by atoms with van der Waals surface area (Å²) >= 11 is 1.61. The number of likely N-dealkylation sites (N-methyl/N-ethyl adjacent to an activating group) is 1. The lowest BCUT2D eigenvalue weighted by Gasteiger charge is -2.34. The first kappa shape index (κ1) is 20.9. The quantitative estimate of drug-likeness (QED) is 0.447. The van der Waals surface area contributed by atoms with E-state index in [0.717, 1.165) is 75.6 Å². The zero-order valence-corrected chi connectivity index (χ0v) is 20.0. The van der Waals surface area contributed by atoms with Crippen molar-refractivity contribution >= 4 is 33.8 Å². The molecule has 166 valence electrons. The Bertz CT molecular complexity index is 1320. The van der Waals surface area contributed by atoms with Crippen molar-refractivity contribution in [2.24, 2.45) is 0 Å². The van der Waals surface area contributed by atoms with Crippen LogP contribution in [0.15, 0.2) is 18.2 Å². The fourth-order valence-corrected chi connectivity index (χ4v) is 5.59. The molecule has 0 bridgehead atoms. The number of nitrogens with one attached hydrogen (secondary N) is 2. The summed E-state index contributed by atoms with van der Waals surface area (Å²) in [5, 5.41) is 0.984. The third-order valence-corrected chi connectivity index (χ3v) is 7.33. The highest BCUT2D eigenvalue weighted by Crippen LogP contribution is 2.41. The molecule has 1 aliphatic rings. The zero-order chi connectivity index (χ0) is 22.6. The Labute approximate surface area is 191 Å². The summed E-state index contributed by atoms with van der Waals surface area (Å²) in [6, 6.07) is 6.41. The van der Waals surface area contributed by atoms with Crippen molar-refractivity contribution in [3.05, 3.63) is 40.2 Å². The third kappa shape index (κ3) is 3.53. The van der Waals surface area contributed by atoms with Crippen LogP contribution in [0.2, 0.25) is 0 Å². The molecular weight excluding hydrogens is 420 g/mol. The number of H-pyrrole nitrogens is 2. The van der Waals surface area contributed by atoms with E-state index < -0.39 is 0 Å². The summed E-state index contributed by atoms with van der Waals surface area (Å²) in [6.07, 6.45) is 0. The number of thiazole rings is 1. The largest absolute Gasteiger partial charge is 0.369 e. The molecule has 0 spiro atoms. The van der Waals surface area contributed by atoms with Gasteiger partial charge in [0.1, 0.15) is 0 Å². The van der Waals surface area contributed by atoms with Gasteiger partial charge < -0.3 is 19.8 Å². The molecule has 0 aliphatic carbocycles. The van der Waals surface area contributed by atoms with E-state index in [1.54, 1.807) is 18.3 Å². The molecule has 0 radical (unpaired) electrons. The summed E-state index contributed by atoms with van der Waals surface area (Å²) in [7, 11) is 2.17. The number of Topliss-reactive ketones (excluding diaryl/α,β-unsaturated/α-hetero) is 1. The van der Waals surface area contributed by atoms with Crippen LogP contribution in [-0.4, -0.2) is 63.8 Å². The molecule has 1 aromatic carbocycles. The van der Waals surface area contributed by atoms with Crippen molar-refractivity contribution in [1.29, 1.82) is 0 Å². The fraction of sp³-hybridized carbons (Fsp3) is 0.375. The van der Waals surface area contributed by atoms with E-state index in [9.17, 15) is 4.79 Å². The highest BCUT2D eigenvalue weighted by Gasteiger charge is 2.26. The van der Waals surface area contributed by atoms with Crippen molar-refractivity contribution in [1.82, 2.24) is 24.8 Å². The second-order valence-electron chi connectivity index (χ2n) is 8.66. The average Bonchev–Trinajstić information content (AvgIpc) is 3.41. The first-order valence-corrected chi connectivity index (χ1v) is 11.7.